The van der Waals surface area contributed by atoms with E-state index in [1.54, 1.807) is 18.2 Å². The molecule has 0 aliphatic heterocycles. The predicted octanol–water partition coefficient (Wildman–Crippen LogP) is 4.19. The van der Waals surface area contributed by atoms with Gasteiger partial charge in [0.2, 0.25) is 0 Å². The molecule has 1 atom stereocenters. The zero-order valence-electron chi connectivity index (χ0n) is 16.1. The molecule has 9 heteroatoms. The second-order valence-corrected chi connectivity index (χ2v) is 11.5. The van der Waals surface area contributed by atoms with Crippen molar-refractivity contribution >= 4 is 26.3 Å². The van der Waals surface area contributed by atoms with E-state index in [2.05, 4.69) is 0 Å². The van der Waals surface area contributed by atoms with Gasteiger partial charge in [-0.2, -0.15) is 0 Å². The quantitative estimate of drug-likeness (QED) is 0.427. The van der Waals surface area contributed by atoms with Gasteiger partial charge < -0.3 is 24.7 Å². The number of allylic oxidation sites excluding steroid dienone is 2. The van der Waals surface area contributed by atoms with Crippen LogP contribution < -0.4 is 0 Å². The molecule has 156 valence electrons. The van der Waals surface area contributed by atoms with E-state index in [0.717, 1.165) is 33.4 Å². The summed E-state index contributed by atoms with van der Waals surface area (Å²) in [5.74, 6) is -0.284. The Labute approximate surface area is 169 Å². The smallest absolute Gasteiger partial charge is 0.340 e. The van der Waals surface area contributed by atoms with Crippen molar-refractivity contribution in [1.82, 2.24) is 0 Å². The fourth-order valence-corrected chi connectivity index (χ4v) is 6.58. The number of hydrogen-bond donors (Lipinski definition) is 5. The molecule has 0 radical (unpaired) electrons. The van der Waals surface area contributed by atoms with Gasteiger partial charge in [0.15, 0.2) is 5.40 Å². The van der Waals surface area contributed by atoms with Crippen molar-refractivity contribution in [2.24, 2.45) is 0 Å². The molecule has 1 aliphatic rings. The van der Waals surface area contributed by atoms with Crippen LogP contribution >= 0.6 is 15.2 Å². The molecule has 0 amide bonds. The Hall–Kier alpha value is -1.72. The van der Waals surface area contributed by atoms with Crippen LogP contribution in [0.15, 0.2) is 42.5 Å². The summed E-state index contributed by atoms with van der Waals surface area (Å²) in [6.07, 6.45) is -0.227. The van der Waals surface area contributed by atoms with E-state index in [1.165, 1.54) is 0 Å². The molecule has 0 fully saturated rings. The Bertz CT molecular complexity index is 1020. The van der Waals surface area contributed by atoms with Crippen LogP contribution in [-0.2, 0) is 9.13 Å². The fraction of sp³-hybridized carbons (Fsp3) is 0.300. The van der Waals surface area contributed by atoms with Crippen LogP contribution in [0.5, 0.6) is 5.75 Å². The molecule has 0 saturated carbocycles. The van der Waals surface area contributed by atoms with Gasteiger partial charge in [-0.25, -0.2) is 0 Å². The Morgan fingerprint density at radius 1 is 0.931 bits per heavy atom. The van der Waals surface area contributed by atoms with E-state index in [9.17, 15) is 33.8 Å². The molecule has 3 rings (SSSR count). The molecule has 0 heterocycles. The van der Waals surface area contributed by atoms with Crippen molar-refractivity contribution in [3.8, 4) is 5.75 Å². The number of aromatic hydroxyl groups is 1. The van der Waals surface area contributed by atoms with E-state index in [-0.39, 0.29) is 24.5 Å². The summed E-state index contributed by atoms with van der Waals surface area (Å²) in [4.78, 5) is 37.8. The predicted molar refractivity (Wildman–Crippen MR) is 112 cm³/mol. The van der Waals surface area contributed by atoms with Gasteiger partial charge in [-0.05, 0) is 66.7 Å². The normalized spacial score (nSPS) is 17.1. The Morgan fingerprint density at radius 2 is 1.52 bits per heavy atom. The Balaban J connectivity index is 2.04. The van der Waals surface area contributed by atoms with Crippen LogP contribution in [0.3, 0.4) is 0 Å². The second kappa shape index (κ2) is 7.84. The maximum Gasteiger partial charge on any atom is 0.340 e. The van der Waals surface area contributed by atoms with Crippen molar-refractivity contribution in [1.29, 1.82) is 0 Å². The van der Waals surface area contributed by atoms with E-state index in [0.29, 0.717) is 0 Å². The van der Waals surface area contributed by atoms with Crippen molar-refractivity contribution in [3.63, 3.8) is 0 Å². The number of rotatable bonds is 6. The molecule has 0 bridgehead atoms. The lowest BCUT2D eigenvalue weighted by molar-refractivity contribution is 0.334. The van der Waals surface area contributed by atoms with Gasteiger partial charge in [-0.3, -0.25) is 9.13 Å². The van der Waals surface area contributed by atoms with E-state index >= 15 is 0 Å². The highest BCUT2D eigenvalue weighted by molar-refractivity contribution is 7.70. The lowest BCUT2D eigenvalue weighted by atomic mass is 9.87. The maximum absolute atomic E-state index is 11.7. The van der Waals surface area contributed by atoms with Crippen LogP contribution in [0.4, 0.5) is 0 Å². The summed E-state index contributed by atoms with van der Waals surface area (Å²) in [6.45, 7) is 3.91. The largest absolute Gasteiger partial charge is 0.508 e. The van der Waals surface area contributed by atoms with Gasteiger partial charge in [0.05, 0.1) is 0 Å². The summed E-state index contributed by atoms with van der Waals surface area (Å²) < 4.78 is 23.4. The average molecular weight is 438 g/mol. The first-order valence-electron chi connectivity index (χ1n) is 9.11. The van der Waals surface area contributed by atoms with Crippen LogP contribution in [0.1, 0.15) is 47.9 Å². The van der Waals surface area contributed by atoms with Crippen LogP contribution in [0, 0.1) is 6.92 Å². The second-order valence-electron chi connectivity index (χ2n) is 7.46. The third kappa shape index (κ3) is 4.56. The third-order valence-corrected chi connectivity index (χ3v) is 9.29. The molecular weight excluding hydrogens is 414 g/mol. The van der Waals surface area contributed by atoms with E-state index < -0.39 is 20.6 Å². The van der Waals surface area contributed by atoms with E-state index in [4.69, 9.17) is 0 Å². The van der Waals surface area contributed by atoms with Gasteiger partial charge in [0.25, 0.3) is 0 Å². The topological polar surface area (TPSA) is 135 Å². The number of hydrogen-bond acceptors (Lipinski definition) is 3. The van der Waals surface area contributed by atoms with Crippen molar-refractivity contribution < 1.29 is 33.8 Å². The maximum atomic E-state index is 11.7. The van der Waals surface area contributed by atoms with Gasteiger partial charge >= 0.3 is 15.2 Å². The Morgan fingerprint density at radius 3 is 2.07 bits per heavy atom. The summed E-state index contributed by atoms with van der Waals surface area (Å²) in [6, 6.07) is 12.8. The van der Waals surface area contributed by atoms with Crippen molar-refractivity contribution in [2.75, 3.05) is 0 Å². The molecule has 0 saturated heterocycles. The lowest BCUT2D eigenvalue weighted by Crippen LogP contribution is -2.11. The minimum atomic E-state index is -4.99. The summed E-state index contributed by atoms with van der Waals surface area (Å²) in [5.41, 5.74) is 5.61. The summed E-state index contributed by atoms with van der Waals surface area (Å²) >= 11 is 0. The lowest BCUT2D eigenvalue weighted by Gasteiger charge is -2.23. The van der Waals surface area contributed by atoms with Crippen molar-refractivity contribution in [2.45, 2.75) is 38.0 Å². The molecule has 0 aromatic heterocycles. The zero-order valence-corrected chi connectivity index (χ0v) is 17.8. The first kappa shape index (κ1) is 22.0. The number of benzene rings is 2. The number of phenolic OH excluding ortho intramolecular Hbond substituents is 1. The first-order chi connectivity index (χ1) is 13.4. The molecule has 5 N–H and O–H groups in total. The Kier molecular flexibility index (Phi) is 5.94. The SMILES string of the molecule is CC1=C(c2ccc(C)cc2)C(CCC(P(=O)(O)O)P(=O)(O)O)c2cc(O)ccc21. The van der Waals surface area contributed by atoms with Crippen LogP contribution in [0.2, 0.25) is 0 Å². The molecule has 0 spiro atoms. The number of phenols is 1. The number of fused-ring (bicyclic) bond motifs is 1. The van der Waals surface area contributed by atoms with Gasteiger partial charge in [-0.15, -0.1) is 0 Å². The first-order valence-corrected chi connectivity index (χ1v) is 12.5. The standard InChI is InChI=1S/C20H24O7P2/c1-12-3-5-14(6-4-12)20-13(2)16-8-7-15(21)11-18(16)17(20)9-10-19(28(22,23)24)29(25,26)27/h3-8,11,17,19,21H,9-10H2,1-2H3,(H2,22,23,24)(H2,25,26,27). The van der Waals surface area contributed by atoms with Gasteiger partial charge in [-0.1, -0.05) is 35.9 Å². The summed E-state index contributed by atoms with van der Waals surface area (Å²) in [7, 11) is -9.98. The van der Waals surface area contributed by atoms with Crippen molar-refractivity contribution in [3.05, 3.63) is 64.7 Å². The zero-order chi connectivity index (χ0) is 21.6. The molecule has 1 aliphatic carbocycles. The molecule has 2 aromatic rings. The summed E-state index contributed by atoms with van der Waals surface area (Å²) in [5, 5.41) is 7.92. The molecular formula is C20H24O7P2. The minimum Gasteiger partial charge on any atom is -0.508 e. The van der Waals surface area contributed by atoms with E-state index in [1.807, 2.05) is 38.1 Å². The van der Waals surface area contributed by atoms with Gasteiger partial charge in [0, 0.05) is 5.92 Å². The third-order valence-electron chi connectivity index (χ3n) is 5.42. The fourth-order valence-electron chi connectivity index (χ4n) is 4.04. The average Bonchev–Trinajstić information content (AvgIpc) is 2.85. The van der Waals surface area contributed by atoms with Crippen LogP contribution in [0.25, 0.3) is 11.1 Å². The molecule has 29 heavy (non-hydrogen) atoms. The van der Waals surface area contributed by atoms with Crippen LogP contribution in [-0.4, -0.2) is 30.1 Å². The highest BCUT2D eigenvalue weighted by atomic mass is 31.2. The minimum absolute atomic E-state index is 0.0632. The highest BCUT2D eigenvalue weighted by Crippen LogP contribution is 2.62. The molecule has 1 unspecified atom stereocenters. The molecule has 7 nitrogen and oxygen atoms in total. The monoisotopic (exact) mass is 438 g/mol. The molecule has 2 aromatic carbocycles. The number of aryl methyl sites for hydroxylation is 1. The highest BCUT2D eigenvalue weighted by Gasteiger charge is 2.44. The van der Waals surface area contributed by atoms with Gasteiger partial charge in [0.1, 0.15) is 5.75 Å².